The average molecular weight is 379 g/mol. The Bertz CT molecular complexity index is 1090. The number of hydrogen-bond donors (Lipinski definition) is 1. The number of tetrazole rings is 1. The average Bonchev–Trinajstić information content (AvgIpc) is 3.41. The standard InChI is InChI=1S/C18H14FN7O2/c1-11(18-22-16(23-28-18)12-5-7-14(19)8-6-12)21-17(27)13-3-2-4-15(9-13)26-10-20-24-25-26/h2-11H,1H3,(H,21,27). The van der Waals surface area contributed by atoms with Gasteiger partial charge < -0.3 is 9.84 Å². The van der Waals surface area contributed by atoms with E-state index in [4.69, 9.17) is 4.52 Å². The number of nitrogens with zero attached hydrogens (tertiary/aromatic N) is 6. The number of carbonyl (C=O) groups is 1. The minimum absolute atomic E-state index is 0.240. The van der Waals surface area contributed by atoms with Crippen molar-refractivity contribution >= 4 is 5.91 Å². The molecule has 0 spiro atoms. The summed E-state index contributed by atoms with van der Waals surface area (Å²) >= 11 is 0. The summed E-state index contributed by atoms with van der Waals surface area (Å²) in [5, 5.41) is 17.6. The first-order valence-corrected chi connectivity index (χ1v) is 8.34. The van der Waals surface area contributed by atoms with E-state index in [2.05, 4.69) is 31.0 Å². The van der Waals surface area contributed by atoms with Crippen LogP contribution in [0.2, 0.25) is 0 Å². The molecular formula is C18H14FN7O2. The van der Waals surface area contributed by atoms with Crippen molar-refractivity contribution in [2.24, 2.45) is 0 Å². The second-order valence-corrected chi connectivity index (χ2v) is 5.96. The molecule has 28 heavy (non-hydrogen) atoms. The Kier molecular flexibility index (Phi) is 4.58. The summed E-state index contributed by atoms with van der Waals surface area (Å²) in [6.07, 6.45) is 1.44. The topological polar surface area (TPSA) is 112 Å². The third kappa shape index (κ3) is 3.61. The second kappa shape index (κ2) is 7.35. The van der Waals surface area contributed by atoms with Crippen molar-refractivity contribution in [3.63, 3.8) is 0 Å². The van der Waals surface area contributed by atoms with E-state index in [9.17, 15) is 9.18 Å². The van der Waals surface area contributed by atoms with Gasteiger partial charge in [0.2, 0.25) is 11.7 Å². The predicted octanol–water partition coefficient (Wildman–Crippen LogP) is 2.34. The highest BCUT2D eigenvalue weighted by Gasteiger charge is 2.18. The number of benzene rings is 2. The molecule has 1 atom stereocenters. The lowest BCUT2D eigenvalue weighted by Gasteiger charge is -2.10. The Balaban J connectivity index is 1.48. The summed E-state index contributed by atoms with van der Waals surface area (Å²) in [5.41, 5.74) is 1.70. The van der Waals surface area contributed by atoms with E-state index in [0.29, 0.717) is 22.6 Å². The Labute approximate surface area is 158 Å². The molecule has 0 aliphatic rings. The first kappa shape index (κ1) is 17.5. The summed E-state index contributed by atoms with van der Waals surface area (Å²) in [6, 6.07) is 12.1. The molecule has 2 aromatic heterocycles. The highest BCUT2D eigenvalue weighted by molar-refractivity contribution is 5.94. The lowest BCUT2D eigenvalue weighted by atomic mass is 10.1. The van der Waals surface area contributed by atoms with Gasteiger partial charge in [0, 0.05) is 11.1 Å². The molecule has 4 aromatic rings. The molecule has 0 bridgehead atoms. The van der Waals surface area contributed by atoms with Crippen LogP contribution in [0.1, 0.15) is 29.2 Å². The molecule has 0 aliphatic carbocycles. The summed E-state index contributed by atoms with van der Waals surface area (Å²) in [7, 11) is 0. The zero-order chi connectivity index (χ0) is 19.5. The van der Waals surface area contributed by atoms with Crippen molar-refractivity contribution in [3.8, 4) is 17.1 Å². The van der Waals surface area contributed by atoms with E-state index in [1.54, 1.807) is 43.3 Å². The molecule has 0 saturated heterocycles. The summed E-state index contributed by atoms with van der Waals surface area (Å²) in [4.78, 5) is 16.8. The van der Waals surface area contributed by atoms with Crippen molar-refractivity contribution < 1.29 is 13.7 Å². The largest absolute Gasteiger partial charge is 0.341 e. The first-order chi connectivity index (χ1) is 13.6. The van der Waals surface area contributed by atoms with Crippen molar-refractivity contribution in [1.29, 1.82) is 0 Å². The van der Waals surface area contributed by atoms with Crippen molar-refractivity contribution in [1.82, 2.24) is 35.7 Å². The zero-order valence-electron chi connectivity index (χ0n) is 14.7. The van der Waals surface area contributed by atoms with Crippen molar-refractivity contribution in [2.75, 3.05) is 0 Å². The molecular weight excluding hydrogens is 365 g/mol. The van der Waals surface area contributed by atoms with Crippen molar-refractivity contribution in [3.05, 3.63) is 72.1 Å². The van der Waals surface area contributed by atoms with E-state index in [1.807, 2.05) is 0 Å². The number of nitrogens with one attached hydrogen (secondary N) is 1. The van der Waals surface area contributed by atoms with Gasteiger partial charge in [-0.3, -0.25) is 4.79 Å². The van der Waals surface area contributed by atoms with Gasteiger partial charge in [0.25, 0.3) is 5.91 Å². The number of hydrogen-bond acceptors (Lipinski definition) is 7. The molecule has 140 valence electrons. The van der Waals surface area contributed by atoms with E-state index >= 15 is 0 Å². The van der Waals surface area contributed by atoms with Crippen LogP contribution in [0.25, 0.3) is 17.1 Å². The van der Waals surface area contributed by atoms with Gasteiger partial charge in [0.15, 0.2) is 0 Å². The maximum atomic E-state index is 13.0. The molecule has 1 N–H and O–H groups in total. The third-order valence-corrected chi connectivity index (χ3v) is 3.98. The Morgan fingerprint density at radius 2 is 2.04 bits per heavy atom. The maximum absolute atomic E-state index is 13.0. The van der Waals surface area contributed by atoms with Gasteiger partial charge in [-0.15, -0.1) is 5.10 Å². The molecule has 4 rings (SSSR count). The van der Waals surface area contributed by atoms with Crippen LogP contribution in [0.15, 0.2) is 59.4 Å². The first-order valence-electron chi connectivity index (χ1n) is 8.34. The predicted molar refractivity (Wildman–Crippen MR) is 94.7 cm³/mol. The summed E-state index contributed by atoms with van der Waals surface area (Å²) < 4.78 is 19.7. The van der Waals surface area contributed by atoms with E-state index in [-0.39, 0.29) is 17.6 Å². The fraction of sp³-hybridized carbons (Fsp3) is 0.111. The van der Waals surface area contributed by atoms with Gasteiger partial charge in [0.05, 0.1) is 5.69 Å². The van der Waals surface area contributed by atoms with E-state index in [1.165, 1.54) is 23.1 Å². The molecule has 0 radical (unpaired) electrons. The minimum Gasteiger partial charge on any atom is -0.341 e. The Morgan fingerprint density at radius 1 is 1.21 bits per heavy atom. The minimum atomic E-state index is -0.522. The van der Waals surface area contributed by atoms with Crippen LogP contribution in [-0.4, -0.2) is 36.3 Å². The Morgan fingerprint density at radius 3 is 2.79 bits per heavy atom. The molecule has 1 unspecified atom stereocenters. The van der Waals surface area contributed by atoms with Crippen LogP contribution in [-0.2, 0) is 0 Å². The van der Waals surface area contributed by atoms with E-state index in [0.717, 1.165) is 0 Å². The molecule has 10 heteroatoms. The van der Waals surface area contributed by atoms with Crippen LogP contribution < -0.4 is 5.32 Å². The SMILES string of the molecule is CC(NC(=O)c1cccc(-n2cnnn2)c1)c1nc(-c2ccc(F)cc2)no1. The van der Waals surface area contributed by atoms with Crippen LogP contribution in [0.4, 0.5) is 4.39 Å². The van der Waals surface area contributed by atoms with Gasteiger partial charge in [-0.05, 0) is 59.8 Å². The Hall–Kier alpha value is -3.95. The number of carbonyl (C=O) groups excluding carboxylic acids is 1. The molecule has 1 amide bonds. The van der Waals surface area contributed by atoms with Gasteiger partial charge >= 0.3 is 0 Å². The van der Waals surface area contributed by atoms with Crippen LogP contribution in [0.3, 0.4) is 0 Å². The molecule has 0 saturated carbocycles. The summed E-state index contributed by atoms with van der Waals surface area (Å²) in [6.45, 7) is 1.73. The maximum Gasteiger partial charge on any atom is 0.251 e. The second-order valence-electron chi connectivity index (χ2n) is 5.96. The summed E-state index contributed by atoms with van der Waals surface area (Å²) in [5.74, 6) is -0.109. The van der Waals surface area contributed by atoms with Gasteiger partial charge in [-0.2, -0.15) is 4.98 Å². The number of halogens is 1. The molecule has 0 aliphatic heterocycles. The smallest absolute Gasteiger partial charge is 0.251 e. The normalized spacial score (nSPS) is 11.9. The number of rotatable bonds is 5. The van der Waals surface area contributed by atoms with Gasteiger partial charge in [0.1, 0.15) is 18.2 Å². The molecule has 0 fully saturated rings. The molecule has 2 aromatic carbocycles. The highest BCUT2D eigenvalue weighted by atomic mass is 19.1. The van der Waals surface area contributed by atoms with Gasteiger partial charge in [-0.1, -0.05) is 11.2 Å². The number of amides is 1. The monoisotopic (exact) mass is 379 g/mol. The van der Waals surface area contributed by atoms with Crippen LogP contribution in [0.5, 0.6) is 0 Å². The van der Waals surface area contributed by atoms with E-state index < -0.39 is 6.04 Å². The quantitative estimate of drug-likeness (QED) is 0.566. The van der Waals surface area contributed by atoms with Gasteiger partial charge in [-0.25, -0.2) is 9.07 Å². The highest BCUT2D eigenvalue weighted by Crippen LogP contribution is 2.19. The lowest BCUT2D eigenvalue weighted by molar-refractivity contribution is 0.0932. The molecule has 2 heterocycles. The fourth-order valence-corrected chi connectivity index (χ4v) is 2.54. The zero-order valence-corrected chi connectivity index (χ0v) is 14.7. The molecule has 9 nitrogen and oxygen atoms in total. The van der Waals surface area contributed by atoms with Crippen LogP contribution in [0, 0.1) is 5.82 Å². The third-order valence-electron chi connectivity index (χ3n) is 3.98. The fourth-order valence-electron chi connectivity index (χ4n) is 2.54. The van der Waals surface area contributed by atoms with Crippen LogP contribution >= 0.6 is 0 Å². The van der Waals surface area contributed by atoms with Crippen molar-refractivity contribution in [2.45, 2.75) is 13.0 Å². The number of aromatic nitrogens is 6. The lowest BCUT2D eigenvalue weighted by Crippen LogP contribution is -2.27.